The molecule has 0 spiro atoms. The molecule has 2 heterocycles. The molecule has 0 aliphatic rings. The highest BCUT2D eigenvalue weighted by Crippen LogP contribution is 2.29. The van der Waals surface area contributed by atoms with Crippen LogP contribution in [0.25, 0.3) is 22.5 Å². The summed E-state index contributed by atoms with van der Waals surface area (Å²) in [6, 6.07) is 3.65. The number of benzene rings is 1. The van der Waals surface area contributed by atoms with E-state index in [1.165, 1.54) is 0 Å². The lowest BCUT2D eigenvalue weighted by atomic mass is 10.2. The second-order valence-corrected chi connectivity index (χ2v) is 5.48. The molecule has 0 aliphatic heterocycles. The molecule has 0 saturated heterocycles. The molecule has 0 bridgehead atoms. The molecule has 3 rings (SSSR count). The Morgan fingerprint density at radius 1 is 1.32 bits per heavy atom. The van der Waals surface area contributed by atoms with Gasteiger partial charge in [0.25, 0.3) is 5.89 Å². The van der Waals surface area contributed by atoms with Crippen molar-refractivity contribution in [2.45, 2.75) is 19.8 Å². The van der Waals surface area contributed by atoms with Gasteiger partial charge in [0.15, 0.2) is 5.82 Å². The van der Waals surface area contributed by atoms with Gasteiger partial charge in [0, 0.05) is 10.4 Å². The van der Waals surface area contributed by atoms with Crippen LogP contribution in [0.4, 0.5) is 0 Å². The van der Waals surface area contributed by atoms with Crippen LogP contribution in [-0.4, -0.2) is 20.1 Å². The summed E-state index contributed by atoms with van der Waals surface area (Å²) in [4.78, 5) is 21.2. The van der Waals surface area contributed by atoms with Crippen LogP contribution < -0.4 is 5.69 Å². The van der Waals surface area contributed by atoms with Crippen LogP contribution in [0.1, 0.15) is 25.6 Å². The van der Waals surface area contributed by atoms with Crippen LogP contribution >= 0.6 is 15.9 Å². The normalized spacial score (nSPS) is 11.6. The average molecular weight is 323 g/mol. The molecule has 2 N–H and O–H groups in total. The molecule has 98 valence electrons. The van der Waals surface area contributed by atoms with E-state index in [4.69, 9.17) is 4.52 Å². The first-order chi connectivity index (χ1) is 9.04. The highest BCUT2D eigenvalue weighted by Gasteiger charge is 2.16. The Morgan fingerprint density at radius 2 is 2.11 bits per heavy atom. The summed E-state index contributed by atoms with van der Waals surface area (Å²) < 4.78 is 6.09. The van der Waals surface area contributed by atoms with Crippen molar-refractivity contribution in [1.82, 2.24) is 20.1 Å². The lowest BCUT2D eigenvalue weighted by Gasteiger charge is -1.98. The van der Waals surface area contributed by atoms with Gasteiger partial charge in [-0.1, -0.05) is 34.9 Å². The van der Waals surface area contributed by atoms with Gasteiger partial charge < -0.3 is 14.5 Å². The zero-order valence-corrected chi connectivity index (χ0v) is 11.9. The number of aromatic amines is 2. The summed E-state index contributed by atoms with van der Waals surface area (Å²) in [5.41, 5.74) is 1.78. The SMILES string of the molecule is CC(C)c1noc(-c2cc(Br)cc3[nH]c(=O)[nH]c23)n1. The number of rotatable bonds is 2. The lowest BCUT2D eigenvalue weighted by molar-refractivity contribution is 0.419. The van der Waals surface area contributed by atoms with E-state index < -0.39 is 0 Å². The van der Waals surface area contributed by atoms with Crippen LogP contribution in [-0.2, 0) is 0 Å². The van der Waals surface area contributed by atoms with Crippen LogP contribution in [0.3, 0.4) is 0 Å². The second-order valence-electron chi connectivity index (χ2n) is 4.57. The molecule has 0 radical (unpaired) electrons. The van der Waals surface area contributed by atoms with E-state index in [-0.39, 0.29) is 11.6 Å². The van der Waals surface area contributed by atoms with Gasteiger partial charge in [0.1, 0.15) is 0 Å². The predicted octanol–water partition coefficient (Wildman–Crippen LogP) is 2.79. The monoisotopic (exact) mass is 322 g/mol. The summed E-state index contributed by atoms with van der Waals surface area (Å²) in [6.45, 7) is 3.98. The van der Waals surface area contributed by atoms with Gasteiger partial charge in [0.05, 0.1) is 16.6 Å². The molecule has 6 nitrogen and oxygen atoms in total. The maximum Gasteiger partial charge on any atom is 0.323 e. The maximum atomic E-state index is 11.4. The fourth-order valence-electron chi connectivity index (χ4n) is 1.85. The van der Waals surface area contributed by atoms with E-state index in [1.807, 2.05) is 26.0 Å². The predicted molar refractivity (Wildman–Crippen MR) is 74.0 cm³/mol. The molecule has 2 aromatic heterocycles. The molecule has 0 aliphatic carbocycles. The number of halogens is 1. The molecule has 0 fully saturated rings. The van der Waals surface area contributed by atoms with Gasteiger partial charge in [0.2, 0.25) is 0 Å². The summed E-state index contributed by atoms with van der Waals surface area (Å²) in [6.07, 6.45) is 0. The molecule has 7 heteroatoms. The highest BCUT2D eigenvalue weighted by atomic mass is 79.9. The van der Waals surface area contributed by atoms with Crippen LogP contribution in [0.15, 0.2) is 25.9 Å². The van der Waals surface area contributed by atoms with Gasteiger partial charge in [-0.2, -0.15) is 4.98 Å². The summed E-state index contributed by atoms with van der Waals surface area (Å²) in [7, 11) is 0. The van der Waals surface area contributed by atoms with Crippen molar-refractivity contribution in [3.63, 3.8) is 0 Å². The van der Waals surface area contributed by atoms with Crippen molar-refractivity contribution >= 4 is 27.0 Å². The van der Waals surface area contributed by atoms with Gasteiger partial charge in [-0.3, -0.25) is 0 Å². The first kappa shape index (κ1) is 12.2. The standard InChI is InChI=1S/C12H11BrN4O2/c1-5(2)10-16-11(19-17-10)7-3-6(13)4-8-9(7)15-12(18)14-8/h3-5H,1-2H3,(H2,14,15,18). The number of hydrogen-bond acceptors (Lipinski definition) is 4. The van der Waals surface area contributed by atoms with Gasteiger partial charge in [-0.05, 0) is 12.1 Å². The number of nitrogens with zero attached hydrogens (tertiary/aromatic N) is 2. The Kier molecular flexibility index (Phi) is 2.78. The molecule has 0 atom stereocenters. The average Bonchev–Trinajstić information content (AvgIpc) is 2.93. The van der Waals surface area contributed by atoms with E-state index in [9.17, 15) is 4.79 Å². The molecule has 19 heavy (non-hydrogen) atoms. The van der Waals surface area contributed by atoms with E-state index in [1.54, 1.807) is 0 Å². The summed E-state index contributed by atoms with van der Waals surface area (Å²) in [5, 5.41) is 3.93. The number of hydrogen-bond donors (Lipinski definition) is 2. The van der Waals surface area contributed by atoms with E-state index in [0.717, 1.165) is 4.47 Å². The first-order valence-electron chi connectivity index (χ1n) is 5.80. The fraction of sp³-hybridized carbons (Fsp3) is 0.250. The minimum absolute atomic E-state index is 0.186. The molecule has 0 saturated carbocycles. The van der Waals surface area contributed by atoms with Crippen LogP contribution in [0.2, 0.25) is 0 Å². The van der Waals surface area contributed by atoms with Crippen molar-refractivity contribution in [2.75, 3.05) is 0 Å². The van der Waals surface area contributed by atoms with Crippen LogP contribution in [0.5, 0.6) is 0 Å². The van der Waals surface area contributed by atoms with Crippen molar-refractivity contribution in [3.05, 3.63) is 32.9 Å². The third-order valence-corrected chi connectivity index (χ3v) is 3.24. The Hall–Kier alpha value is -1.89. The highest BCUT2D eigenvalue weighted by molar-refractivity contribution is 9.10. The molecule has 1 aromatic carbocycles. The van der Waals surface area contributed by atoms with Gasteiger partial charge in [-0.15, -0.1) is 0 Å². The van der Waals surface area contributed by atoms with Crippen molar-refractivity contribution in [3.8, 4) is 11.5 Å². The molecule has 0 amide bonds. The lowest BCUT2D eigenvalue weighted by Crippen LogP contribution is -1.99. The molecule has 3 aromatic rings. The smallest absolute Gasteiger partial charge is 0.323 e. The summed E-state index contributed by atoms with van der Waals surface area (Å²) >= 11 is 3.40. The van der Waals surface area contributed by atoms with Crippen LogP contribution in [0, 0.1) is 0 Å². The molecule has 0 unspecified atom stereocenters. The number of H-pyrrole nitrogens is 2. The second kappa shape index (κ2) is 4.34. The number of aromatic nitrogens is 4. The third-order valence-electron chi connectivity index (χ3n) is 2.78. The van der Waals surface area contributed by atoms with Gasteiger partial charge >= 0.3 is 5.69 Å². The molecular formula is C12H11BrN4O2. The Bertz CT molecular complexity index is 800. The zero-order valence-electron chi connectivity index (χ0n) is 10.3. The fourth-order valence-corrected chi connectivity index (χ4v) is 2.31. The van der Waals surface area contributed by atoms with E-state index in [2.05, 4.69) is 36.0 Å². The Balaban J connectivity index is 2.25. The zero-order chi connectivity index (χ0) is 13.6. The number of fused-ring (bicyclic) bond motifs is 1. The minimum atomic E-state index is -0.266. The Labute approximate surface area is 116 Å². The minimum Gasteiger partial charge on any atom is -0.334 e. The molecular weight excluding hydrogens is 312 g/mol. The van der Waals surface area contributed by atoms with Crippen molar-refractivity contribution in [1.29, 1.82) is 0 Å². The summed E-state index contributed by atoms with van der Waals surface area (Å²) in [5.74, 6) is 1.22. The first-order valence-corrected chi connectivity index (χ1v) is 6.59. The number of imidazole rings is 1. The largest absolute Gasteiger partial charge is 0.334 e. The number of nitrogens with one attached hydrogen (secondary N) is 2. The van der Waals surface area contributed by atoms with Crippen molar-refractivity contribution in [2.24, 2.45) is 0 Å². The van der Waals surface area contributed by atoms with Gasteiger partial charge in [-0.25, -0.2) is 4.79 Å². The van der Waals surface area contributed by atoms with E-state index in [0.29, 0.717) is 28.3 Å². The van der Waals surface area contributed by atoms with E-state index >= 15 is 0 Å². The quantitative estimate of drug-likeness (QED) is 0.759. The van der Waals surface area contributed by atoms with Crippen molar-refractivity contribution < 1.29 is 4.52 Å². The maximum absolute atomic E-state index is 11.4. The topological polar surface area (TPSA) is 87.6 Å². The third kappa shape index (κ3) is 2.10. The Morgan fingerprint density at radius 3 is 2.79 bits per heavy atom.